The van der Waals surface area contributed by atoms with Gasteiger partial charge < -0.3 is 5.73 Å². The van der Waals surface area contributed by atoms with Crippen LogP contribution in [-0.4, -0.2) is 13.4 Å². The Morgan fingerprint density at radius 2 is 2.10 bits per heavy atom. The second-order valence-corrected chi connectivity index (χ2v) is 7.06. The number of hydrogen-bond acceptors (Lipinski definition) is 5. The molecule has 0 radical (unpaired) electrons. The highest BCUT2D eigenvalue weighted by atomic mass is 32.2. The highest BCUT2D eigenvalue weighted by Crippen LogP contribution is 2.21. The van der Waals surface area contributed by atoms with Crippen LogP contribution in [0.4, 0.5) is 14.5 Å². The fourth-order valence-corrected chi connectivity index (χ4v) is 3.42. The zero-order chi connectivity index (χ0) is 14.9. The number of sulfonamides is 1. The highest BCUT2D eigenvalue weighted by molar-refractivity contribution is 7.89. The number of hydrogen-bond donors (Lipinski definition) is 2. The lowest BCUT2D eigenvalue weighted by Crippen LogP contribution is -2.24. The fourth-order valence-electron chi connectivity index (χ4n) is 1.50. The summed E-state index contributed by atoms with van der Waals surface area (Å²) in [6.07, 6.45) is 1.59. The predicted octanol–water partition coefficient (Wildman–Crippen LogP) is 1.79. The van der Waals surface area contributed by atoms with Crippen molar-refractivity contribution in [3.8, 4) is 0 Å². The maximum atomic E-state index is 13.5. The van der Waals surface area contributed by atoms with E-state index in [1.54, 1.807) is 6.20 Å². The molecule has 0 bridgehead atoms. The summed E-state index contributed by atoms with van der Waals surface area (Å²) in [6, 6.07) is 1.59. The second-order valence-electron chi connectivity index (χ2n) is 4.00. The monoisotopic (exact) mass is 319 g/mol. The van der Waals surface area contributed by atoms with Crippen molar-refractivity contribution in [3.05, 3.63) is 39.8 Å². The summed E-state index contributed by atoms with van der Waals surface area (Å²) in [5.74, 6) is -2.77. The van der Waals surface area contributed by atoms with E-state index >= 15 is 0 Å². The number of aryl methyl sites for hydroxylation is 1. The van der Waals surface area contributed by atoms with Gasteiger partial charge in [-0.3, -0.25) is 0 Å². The van der Waals surface area contributed by atoms with Crippen molar-refractivity contribution >= 4 is 27.0 Å². The first kappa shape index (κ1) is 14.8. The van der Waals surface area contributed by atoms with Crippen LogP contribution in [0.2, 0.25) is 0 Å². The van der Waals surface area contributed by atoms with Crippen LogP contribution < -0.4 is 10.5 Å². The second kappa shape index (κ2) is 5.43. The lowest BCUT2D eigenvalue weighted by atomic mass is 10.3. The van der Waals surface area contributed by atoms with Crippen LogP contribution in [-0.2, 0) is 16.6 Å². The Hall–Kier alpha value is -1.58. The zero-order valence-electron chi connectivity index (χ0n) is 10.4. The van der Waals surface area contributed by atoms with Crippen molar-refractivity contribution in [1.82, 2.24) is 9.71 Å². The maximum absolute atomic E-state index is 13.5. The molecule has 0 amide bonds. The van der Waals surface area contributed by atoms with E-state index in [1.165, 1.54) is 11.3 Å². The lowest BCUT2D eigenvalue weighted by molar-refractivity contribution is 0.483. The first-order chi connectivity index (χ1) is 9.29. The van der Waals surface area contributed by atoms with Crippen LogP contribution in [0.15, 0.2) is 23.2 Å². The summed E-state index contributed by atoms with van der Waals surface area (Å²) in [7, 11) is -4.20. The van der Waals surface area contributed by atoms with Gasteiger partial charge in [0.1, 0.15) is 9.90 Å². The SMILES string of the molecule is Cc1cnc(CNS(=O)(=O)c2cc(N)cc(F)c2F)s1. The van der Waals surface area contributed by atoms with Gasteiger partial charge in [-0.2, -0.15) is 0 Å². The molecule has 0 saturated heterocycles. The number of aromatic nitrogens is 1. The van der Waals surface area contributed by atoms with Gasteiger partial charge in [-0.1, -0.05) is 0 Å². The van der Waals surface area contributed by atoms with Crippen LogP contribution in [0.3, 0.4) is 0 Å². The van der Waals surface area contributed by atoms with E-state index in [9.17, 15) is 17.2 Å². The molecule has 0 aliphatic rings. The molecule has 0 unspecified atom stereocenters. The van der Waals surface area contributed by atoms with Gasteiger partial charge in [0.05, 0.1) is 6.54 Å². The normalized spacial score (nSPS) is 11.8. The Bertz CT molecular complexity index is 744. The smallest absolute Gasteiger partial charge is 0.244 e. The number of anilines is 1. The van der Waals surface area contributed by atoms with E-state index in [-0.39, 0.29) is 12.2 Å². The minimum Gasteiger partial charge on any atom is -0.399 e. The van der Waals surface area contributed by atoms with Gasteiger partial charge in [-0.25, -0.2) is 26.9 Å². The van der Waals surface area contributed by atoms with Crippen LogP contribution in [0.1, 0.15) is 9.88 Å². The Labute approximate surface area is 118 Å². The molecule has 9 heteroatoms. The van der Waals surface area contributed by atoms with Crippen molar-refractivity contribution in [1.29, 1.82) is 0 Å². The Kier molecular flexibility index (Phi) is 4.02. The molecule has 0 saturated carbocycles. The summed E-state index contributed by atoms with van der Waals surface area (Å²) >= 11 is 1.30. The number of nitrogens with zero attached hydrogens (tertiary/aromatic N) is 1. The van der Waals surface area contributed by atoms with E-state index < -0.39 is 26.6 Å². The number of thiazole rings is 1. The molecule has 1 aromatic carbocycles. The molecule has 3 N–H and O–H groups in total. The predicted molar refractivity (Wildman–Crippen MR) is 71.6 cm³/mol. The average molecular weight is 319 g/mol. The molecule has 2 rings (SSSR count). The largest absolute Gasteiger partial charge is 0.399 e. The van der Waals surface area contributed by atoms with Gasteiger partial charge >= 0.3 is 0 Å². The molecular weight excluding hydrogens is 308 g/mol. The van der Waals surface area contributed by atoms with E-state index in [1.807, 2.05) is 6.92 Å². The molecule has 0 fully saturated rings. The molecule has 1 heterocycles. The average Bonchev–Trinajstić information content (AvgIpc) is 2.77. The number of nitrogens with two attached hydrogens (primary N) is 1. The molecule has 0 spiro atoms. The number of nitrogen functional groups attached to an aromatic ring is 1. The van der Waals surface area contributed by atoms with Gasteiger partial charge in [-0.05, 0) is 19.1 Å². The third-order valence-electron chi connectivity index (χ3n) is 2.39. The third kappa shape index (κ3) is 3.11. The Morgan fingerprint density at radius 3 is 2.70 bits per heavy atom. The van der Waals surface area contributed by atoms with Gasteiger partial charge in [0.15, 0.2) is 11.6 Å². The van der Waals surface area contributed by atoms with Crippen molar-refractivity contribution in [2.45, 2.75) is 18.4 Å². The standard InChI is InChI=1S/C11H11F2N3O2S2/c1-6-4-15-10(19-6)5-16-20(17,18)9-3-7(14)2-8(12)11(9)13/h2-4,16H,5,14H2,1H3. The fraction of sp³-hybridized carbons (Fsp3) is 0.182. The molecule has 0 aliphatic heterocycles. The summed E-state index contributed by atoms with van der Waals surface area (Å²) in [5, 5.41) is 0.524. The summed E-state index contributed by atoms with van der Waals surface area (Å²) in [4.78, 5) is 4.07. The van der Waals surface area contributed by atoms with Crippen LogP contribution in [0, 0.1) is 18.6 Å². The van der Waals surface area contributed by atoms with E-state index in [0.717, 1.165) is 17.0 Å². The van der Waals surface area contributed by atoms with Gasteiger partial charge in [-0.15, -0.1) is 11.3 Å². The molecule has 5 nitrogen and oxygen atoms in total. The van der Waals surface area contributed by atoms with Crippen molar-refractivity contribution in [2.75, 3.05) is 5.73 Å². The van der Waals surface area contributed by atoms with Gasteiger partial charge in [0, 0.05) is 16.8 Å². The maximum Gasteiger partial charge on any atom is 0.244 e. The number of halogens is 2. The number of nitrogens with one attached hydrogen (secondary N) is 1. The number of rotatable bonds is 4. The molecule has 0 atom stereocenters. The molecule has 108 valence electrons. The third-order valence-corrected chi connectivity index (χ3v) is 4.70. The summed E-state index contributed by atoms with van der Waals surface area (Å²) < 4.78 is 52.8. The van der Waals surface area contributed by atoms with E-state index in [4.69, 9.17) is 5.73 Å². The van der Waals surface area contributed by atoms with Crippen molar-refractivity contribution < 1.29 is 17.2 Å². The summed E-state index contributed by atoms with van der Waals surface area (Å²) in [5.41, 5.74) is 5.15. The van der Waals surface area contributed by atoms with Crippen molar-refractivity contribution in [3.63, 3.8) is 0 Å². The van der Waals surface area contributed by atoms with Crippen LogP contribution in [0.5, 0.6) is 0 Å². The summed E-state index contributed by atoms with van der Waals surface area (Å²) in [6.45, 7) is 1.72. The van der Waals surface area contributed by atoms with Gasteiger partial charge in [0.25, 0.3) is 0 Å². The quantitative estimate of drug-likeness (QED) is 0.841. The zero-order valence-corrected chi connectivity index (χ0v) is 12.0. The Balaban J connectivity index is 2.27. The molecule has 0 aliphatic carbocycles. The number of benzene rings is 1. The first-order valence-corrected chi connectivity index (χ1v) is 7.75. The van der Waals surface area contributed by atoms with Crippen molar-refractivity contribution in [2.24, 2.45) is 0 Å². The van der Waals surface area contributed by atoms with Crippen LogP contribution in [0.25, 0.3) is 0 Å². The molecule has 2 aromatic rings. The lowest BCUT2D eigenvalue weighted by Gasteiger charge is -2.08. The molecule has 1 aromatic heterocycles. The minimum absolute atomic E-state index is 0.100. The molecule has 20 heavy (non-hydrogen) atoms. The first-order valence-electron chi connectivity index (χ1n) is 5.45. The Morgan fingerprint density at radius 1 is 1.40 bits per heavy atom. The minimum atomic E-state index is -4.20. The highest BCUT2D eigenvalue weighted by Gasteiger charge is 2.22. The van der Waals surface area contributed by atoms with Crippen LogP contribution >= 0.6 is 11.3 Å². The van der Waals surface area contributed by atoms with Gasteiger partial charge in [0.2, 0.25) is 10.0 Å². The van der Waals surface area contributed by atoms with E-state index in [0.29, 0.717) is 5.01 Å². The van der Waals surface area contributed by atoms with E-state index in [2.05, 4.69) is 9.71 Å². The topological polar surface area (TPSA) is 85.1 Å². The molecular formula is C11H11F2N3O2S2.